The summed E-state index contributed by atoms with van der Waals surface area (Å²) in [5, 5.41) is 20.3. The van der Waals surface area contributed by atoms with Crippen LogP contribution in [0.3, 0.4) is 0 Å². The summed E-state index contributed by atoms with van der Waals surface area (Å²) in [4.78, 5) is 23.2. The van der Waals surface area contributed by atoms with Crippen LogP contribution in [0, 0.1) is 21.8 Å². The van der Waals surface area contributed by atoms with Crippen LogP contribution >= 0.6 is 0 Å². The minimum Gasteiger partial charge on any atom is -0.481 e. The molecule has 1 aromatic rings. The Hall–Kier alpha value is -2.22. The number of benzene rings is 1. The molecule has 1 saturated heterocycles. The van der Waals surface area contributed by atoms with E-state index >= 15 is 0 Å². The lowest BCUT2D eigenvalue weighted by Gasteiger charge is -2.30. The molecule has 0 aromatic heterocycles. The SMILES string of the molecule is CCN(c1ccc(F)cc1[N+](=O)[O-])C1COCC1C(=O)O. The van der Waals surface area contributed by atoms with Crippen LogP contribution in [-0.2, 0) is 9.53 Å². The number of hydrogen-bond acceptors (Lipinski definition) is 5. The molecule has 1 aliphatic rings. The smallest absolute Gasteiger partial charge is 0.311 e. The van der Waals surface area contributed by atoms with E-state index in [4.69, 9.17) is 4.74 Å². The Morgan fingerprint density at radius 2 is 2.29 bits per heavy atom. The van der Waals surface area contributed by atoms with Crippen molar-refractivity contribution in [3.63, 3.8) is 0 Å². The molecule has 0 bridgehead atoms. The quantitative estimate of drug-likeness (QED) is 0.656. The van der Waals surface area contributed by atoms with Crippen molar-refractivity contribution < 1.29 is 24.0 Å². The second kappa shape index (κ2) is 6.04. The topological polar surface area (TPSA) is 92.9 Å². The van der Waals surface area contributed by atoms with Crippen LogP contribution in [0.1, 0.15) is 6.92 Å². The molecule has 7 nitrogen and oxygen atoms in total. The summed E-state index contributed by atoms with van der Waals surface area (Å²) < 4.78 is 18.4. The van der Waals surface area contributed by atoms with Crippen molar-refractivity contribution in [2.45, 2.75) is 13.0 Å². The Balaban J connectivity index is 2.42. The largest absolute Gasteiger partial charge is 0.481 e. The molecular formula is C13H15FN2O5. The average molecular weight is 298 g/mol. The first-order chi connectivity index (χ1) is 9.95. The highest BCUT2D eigenvalue weighted by atomic mass is 19.1. The average Bonchev–Trinajstić information content (AvgIpc) is 2.90. The lowest BCUT2D eigenvalue weighted by Crippen LogP contribution is -2.43. The molecule has 21 heavy (non-hydrogen) atoms. The lowest BCUT2D eigenvalue weighted by molar-refractivity contribution is -0.384. The van der Waals surface area contributed by atoms with E-state index in [9.17, 15) is 24.4 Å². The number of carbonyl (C=O) groups is 1. The van der Waals surface area contributed by atoms with Gasteiger partial charge in [0, 0.05) is 6.54 Å². The second-order valence-corrected chi connectivity index (χ2v) is 4.73. The molecule has 0 spiro atoms. The first-order valence-electron chi connectivity index (χ1n) is 6.46. The van der Waals surface area contributed by atoms with Crippen LogP contribution in [0.4, 0.5) is 15.8 Å². The molecule has 2 rings (SSSR count). The summed E-state index contributed by atoms with van der Waals surface area (Å²) in [5.41, 5.74) is -0.182. The van der Waals surface area contributed by atoms with Crippen LogP contribution < -0.4 is 4.90 Å². The number of anilines is 1. The van der Waals surface area contributed by atoms with Crippen LogP contribution in [0.25, 0.3) is 0 Å². The first-order valence-corrected chi connectivity index (χ1v) is 6.46. The van der Waals surface area contributed by atoms with Gasteiger partial charge in [-0.05, 0) is 19.1 Å². The summed E-state index contributed by atoms with van der Waals surface area (Å²) in [7, 11) is 0. The number of carboxylic acid groups (broad SMARTS) is 1. The molecule has 0 radical (unpaired) electrons. The minimum atomic E-state index is -1.01. The predicted octanol–water partition coefficient (Wildman–Crippen LogP) is 1.66. The third-order valence-electron chi connectivity index (χ3n) is 3.55. The van der Waals surface area contributed by atoms with Crippen molar-refractivity contribution in [2.24, 2.45) is 5.92 Å². The van der Waals surface area contributed by atoms with Crippen molar-refractivity contribution in [1.82, 2.24) is 0 Å². The van der Waals surface area contributed by atoms with Gasteiger partial charge in [-0.3, -0.25) is 14.9 Å². The fourth-order valence-electron chi connectivity index (χ4n) is 2.56. The van der Waals surface area contributed by atoms with E-state index in [-0.39, 0.29) is 24.6 Å². The number of nitro benzene ring substituents is 1. The van der Waals surface area contributed by atoms with E-state index in [1.54, 1.807) is 11.8 Å². The van der Waals surface area contributed by atoms with E-state index in [0.29, 0.717) is 6.54 Å². The third kappa shape index (κ3) is 2.94. The Bertz CT molecular complexity index is 565. The maximum absolute atomic E-state index is 13.2. The van der Waals surface area contributed by atoms with Gasteiger partial charge in [0.25, 0.3) is 5.69 Å². The highest BCUT2D eigenvalue weighted by Crippen LogP contribution is 2.33. The number of carboxylic acids is 1. The Morgan fingerprint density at radius 3 is 2.86 bits per heavy atom. The van der Waals surface area contributed by atoms with Crippen molar-refractivity contribution in [3.8, 4) is 0 Å². The fraction of sp³-hybridized carbons (Fsp3) is 0.462. The van der Waals surface area contributed by atoms with Gasteiger partial charge in [-0.25, -0.2) is 4.39 Å². The zero-order valence-corrected chi connectivity index (χ0v) is 11.4. The minimum absolute atomic E-state index is 0.0610. The molecule has 1 aliphatic heterocycles. The molecule has 2 unspecified atom stereocenters. The van der Waals surface area contributed by atoms with E-state index in [2.05, 4.69) is 0 Å². The zero-order valence-electron chi connectivity index (χ0n) is 11.4. The standard InChI is InChI=1S/C13H15FN2O5/c1-2-15(12-7-21-6-9(12)13(17)18)10-4-3-8(14)5-11(10)16(19)20/h3-5,9,12H,2,6-7H2,1H3,(H,17,18). The fourth-order valence-corrected chi connectivity index (χ4v) is 2.56. The van der Waals surface area contributed by atoms with Gasteiger partial charge in [-0.1, -0.05) is 0 Å². The van der Waals surface area contributed by atoms with Gasteiger partial charge in [-0.15, -0.1) is 0 Å². The highest BCUT2D eigenvalue weighted by Gasteiger charge is 2.39. The summed E-state index contributed by atoms with van der Waals surface area (Å²) in [6, 6.07) is 2.74. The van der Waals surface area contributed by atoms with Gasteiger partial charge in [0.2, 0.25) is 0 Å². The number of hydrogen-bond donors (Lipinski definition) is 1. The number of likely N-dealkylation sites (N-methyl/N-ethyl adjacent to an activating group) is 1. The first kappa shape index (κ1) is 15.2. The van der Waals surface area contributed by atoms with Crippen LogP contribution in [0.2, 0.25) is 0 Å². The van der Waals surface area contributed by atoms with Gasteiger partial charge >= 0.3 is 5.97 Å². The molecule has 0 amide bonds. The van der Waals surface area contributed by atoms with E-state index in [1.165, 1.54) is 6.07 Å². The van der Waals surface area contributed by atoms with Gasteiger partial charge in [-0.2, -0.15) is 0 Å². The molecule has 0 saturated carbocycles. The lowest BCUT2D eigenvalue weighted by atomic mass is 10.0. The number of nitro groups is 1. The highest BCUT2D eigenvalue weighted by molar-refractivity contribution is 5.73. The monoisotopic (exact) mass is 298 g/mol. The van der Waals surface area contributed by atoms with E-state index in [1.807, 2.05) is 0 Å². The molecule has 114 valence electrons. The van der Waals surface area contributed by atoms with Gasteiger partial charge in [0.15, 0.2) is 0 Å². The number of ether oxygens (including phenoxy) is 1. The number of rotatable bonds is 5. The summed E-state index contributed by atoms with van der Waals surface area (Å²) in [6.45, 7) is 2.33. The predicted molar refractivity (Wildman–Crippen MR) is 71.8 cm³/mol. The summed E-state index contributed by atoms with van der Waals surface area (Å²) in [6.07, 6.45) is 0. The van der Waals surface area contributed by atoms with Crippen molar-refractivity contribution in [3.05, 3.63) is 34.1 Å². The maximum atomic E-state index is 13.2. The van der Waals surface area contributed by atoms with Crippen molar-refractivity contribution >= 4 is 17.3 Å². The summed E-state index contributed by atoms with van der Waals surface area (Å²) >= 11 is 0. The Morgan fingerprint density at radius 1 is 1.57 bits per heavy atom. The van der Waals surface area contributed by atoms with Gasteiger partial charge in [0.1, 0.15) is 17.4 Å². The third-order valence-corrected chi connectivity index (χ3v) is 3.55. The number of aliphatic carboxylic acids is 1. The van der Waals surface area contributed by atoms with Crippen molar-refractivity contribution in [1.29, 1.82) is 0 Å². The molecule has 2 atom stereocenters. The van der Waals surface area contributed by atoms with E-state index < -0.39 is 28.7 Å². The Labute approximate surface area is 120 Å². The maximum Gasteiger partial charge on any atom is 0.311 e. The van der Waals surface area contributed by atoms with Crippen LogP contribution in [-0.4, -0.2) is 41.8 Å². The molecular weight excluding hydrogens is 283 g/mol. The Kier molecular flexibility index (Phi) is 4.37. The second-order valence-electron chi connectivity index (χ2n) is 4.73. The molecule has 1 fully saturated rings. The van der Waals surface area contributed by atoms with Crippen LogP contribution in [0.15, 0.2) is 18.2 Å². The normalized spacial score (nSPS) is 21.2. The van der Waals surface area contributed by atoms with Gasteiger partial charge in [0.05, 0.1) is 30.2 Å². The number of halogens is 1. The van der Waals surface area contributed by atoms with Crippen molar-refractivity contribution in [2.75, 3.05) is 24.7 Å². The molecule has 8 heteroatoms. The molecule has 1 aromatic carbocycles. The van der Waals surface area contributed by atoms with Crippen LogP contribution in [0.5, 0.6) is 0 Å². The molecule has 0 aliphatic carbocycles. The van der Waals surface area contributed by atoms with Gasteiger partial charge < -0.3 is 14.7 Å². The molecule has 1 heterocycles. The zero-order chi connectivity index (χ0) is 15.6. The summed E-state index contributed by atoms with van der Waals surface area (Å²) in [5.74, 6) is -2.49. The number of nitrogens with zero attached hydrogens (tertiary/aromatic N) is 2. The van der Waals surface area contributed by atoms with E-state index in [0.717, 1.165) is 12.1 Å². The molecule has 1 N–H and O–H groups in total.